The van der Waals surface area contributed by atoms with E-state index in [-0.39, 0.29) is 0 Å². The highest BCUT2D eigenvalue weighted by Crippen LogP contribution is 2.41. The summed E-state index contributed by atoms with van der Waals surface area (Å²) in [5, 5.41) is 0. The number of aromatic nitrogens is 2. The van der Waals surface area contributed by atoms with Gasteiger partial charge in [-0.25, -0.2) is 9.66 Å². The molecular formula is C14H18N4O. The lowest BCUT2D eigenvalue weighted by Gasteiger charge is -2.03. The van der Waals surface area contributed by atoms with Crippen molar-refractivity contribution in [2.24, 2.45) is 0 Å². The number of ether oxygens (including phenoxy) is 1. The molecule has 1 fully saturated rings. The number of anilines is 1. The molecule has 1 saturated carbocycles. The van der Waals surface area contributed by atoms with E-state index in [0.717, 1.165) is 35.5 Å². The second-order valence-corrected chi connectivity index (χ2v) is 4.98. The van der Waals surface area contributed by atoms with Crippen LogP contribution in [0.3, 0.4) is 0 Å². The third-order valence-corrected chi connectivity index (χ3v) is 3.43. The highest BCUT2D eigenvalue weighted by atomic mass is 16.5. The standard InChI is InChI=1S/C14H18N4O/c1-19-8-9-3-2-4-11(7-9)12-13(15)18(16)14(17-12)10-5-6-10/h2-4,7,10H,5-6,8,15-16H2,1H3. The van der Waals surface area contributed by atoms with Crippen molar-refractivity contribution in [1.82, 2.24) is 9.66 Å². The molecule has 100 valence electrons. The molecule has 0 amide bonds. The van der Waals surface area contributed by atoms with Crippen molar-refractivity contribution in [3.05, 3.63) is 35.7 Å². The maximum atomic E-state index is 6.07. The number of nitrogens with zero attached hydrogens (tertiary/aromatic N) is 2. The van der Waals surface area contributed by atoms with Crippen LogP contribution in [-0.4, -0.2) is 16.8 Å². The molecule has 0 aliphatic heterocycles. The molecule has 0 spiro atoms. The summed E-state index contributed by atoms with van der Waals surface area (Å²) in [6.07, 6.45) is 2.30. The lowest BCUT2D eigenvalue weighted by Crippen LogP contribution is -2.14. The Morgan fingerprint density at radius 2 is 2.21 bits per heavy atom. The maximum Gasteiger partial charge on any atom is 0.150 e. The Morgan fingerprint density at radius 3 is 2.89 bits per heavy atom. The van der Waals surface area contributed by atoms with E-state index in [4.69, 9.17) is 16.3 Å². The molecule has 1 heterocycles. The van der Waals surface area contributed by atoms with Gasteiger partial charge in [0.15, 0.2) is 5.82 Å². The Hall–Kier alpha value is -2.01. The van der Waals surface area contributed by atoms with Gasteiger partial charge >= 0.3 is 0 Å². The van der Waals surface area contributed by atoms with Crippen LogP contribution < -0.4 is 11.6 Å². The highest BCUT2D eigenvalue weighted by Gasteiger charge is 2.30. The van der Waals surface area contributed by atoms with Gasteiger partial charge in [0.05, 0.1) is 6.61 Å². The lowest BCUT2D eigenvalue weighted by molar-refractivity contribution is 0.185. The zero-order valence-corrected chi connectivity index (χ0v) is 11.0. The van der Waals surface area contributed by atoms with Gasteiger partial charge in [-0.2, -0.15) is 0 Å². The van der Waals surface area contributed by atoms with Crippen LogP contribution in [0.5, 0.6) is 0 Å². The van der Waals surface area contributed by atoms with Gasteiger partial charge in [0.1, 0.15) is 11.5 Å². The van der Waals surface area contributed by atoms with Crippen molar-refractivity contribution in [3.8, 4) is 11.3 Å². The Labute approximate surface area is 112 Å². The van der Waals surface area contributed by atoms with E-state index in [2.05, 4.69) is 4.98 Å². The molecule has 5 heteroatoms. The first kappa shape index (κ1) is 12.0. The fourth-order valence-corrected chi connectivity index (χ4v) is 2.28. The van der Waals surface area contributed by atoms with E-state index < -0.39 is 0 Å². The normalized spacial score (nSPS) is 14.8. The molecular weight excluding hydrogens is 240 g/mol. The second kappa shape index (κ2) is 4.59. The van der Waals surface area contributed by atoms with Crippen LogP contribution in [0.4, 0.5) is 5.82 Å². The minimum atomic E-state index is 0.475. The number of hydrogen-bond donors (Lipinski definition) is 2. The molecule has 0 radical (unpaired) electrons. The lowest BCUT2D eigenvalue weighted by atomic mass is 10.1. The number of nitrogen functional groups attached to an aromatic ring is 2. The largest absolute Gasteiger partial charge is 0.382 e. The fraction of sp³-hybridized carbons (Fsp3) is 0.357. The second-order valence-electron chi connectivity index (χ2n) is 4.98. The fourth-order valence-electron chi connectivity index (χ4n) is 2.28. The maximum absolute atomic E-state index is 6.07. The molecule has 0 atom stereocenters. The van der Waals surface area contributed by atoms with Crippen LogP contribution in [0, 0.1) is 0 Å². The predicted octanol–water partition coefficient (Wildman–Crippen LogP) is 1.87. The molecule has 1 aliphatic rings. The van der Waals surface area contributed by atoms with Gasteiger partial charge < -0.3 is 16.3 Å². The van der Waals surface area contributed by atoms with E-state index in [0.29, 0.717) is 18.3 Å². The van der Waals surface area contributed by atoms with Crippen LogP contribution in [0.25, 0.3) is 11.3 Å². The Kier molecular flexibility index (Phi) is 2.91. The van der Waals surface area contributed by atoms with Gasteiger partial charge in [0.2, 0.25) is 0 Å². The smallest absolute Gasteiger partial charge is 0.150 e. The molecule has 5 nitrogen and oxygen atoms in total. The molecule has 19 heavy (non-hydrogen) atoms. The Morgan fingerprint density at radius 1 is 1.42 bits per heavy atom. The van der Waals surface area contributed by atoms with Crippen LogP contribution >= 0.6 is 0 Å². The molecule has 4 N–H and O–H groups in total. The zero-order chi connectivity index (χ0) is 13.4. The van der Waals surface area contributed by atoms with E-state index in [1.54, 1.807) is 7.11 Å². The third-order valence-electron chi connectivity index (χ3n) is 3.43. The van der Waals surface area contributed by atoms with Gasteiger partial charge in [-0.15, -0.1) is 0 Å². The summed E-state index contributed by atoms with van der Waals surface area (Å²) < 4.78 is 6.67. The molecule has 3 rings (SSSR count). The van der Waals surface area contributed by atoms with Crippen molar-refractivity contribution in [2.75, 3.05) is 18.7 Å². The minimum absolute atomic E-state index is 0.475. The average molecular weight is 258 g/mol. The van der Waals surface area contributed by atoms with E-state index in [1.165, 1.54) is 4.68 Å². The van der Waals surface area contributed by atoms with Crippen molar-refractivity contribution in [3.63, 3.8) is 0 Å². The number of imidazole rings is 1. The summed E-state index contributed by atoms with van der Waals surface area (Å²) >= 11 is 0. The third kappa shape index (κ3) is 2.17. The van der Waals surface area contributed by atoms with E-state index in [1.807, 2.05) is 24.3 Å². The van der Waals surface area contributed by atoms with Gasteiger partial charge in [-0.3, -0.25) is 0 Å². The molecule has 1 aromatic carbocycles. The van der Waals surface area contributed by atoms with Gasteiger partial charge in [-0.05, 0) is 24.5 Å². The number of hydrogen-bond acceptors (Lipinski definition) is 4. The molecule has 2 aromatic rings. The molecule has 1 aromatic heterocycles. The summed E-state index contributed by atoms with van der Waals surface area (Å²) in [5.41, 5.74) is 8.92. The highest BCUT2D eigenvalue weighted by molar-refractivity contribution is 5.71. The quantitative estimate of drug-likeness (QED) is 0.820. The molecule has 0 saturated heterocycles. The topological polar surface area (TPSA) is 79.1 Å². The molecule has 1 aliphatic carbocycles. The van der Waals surface area contributed by atoms with E-state index >= 15 is 0 Å². The SMILES string of the molecule is COCc1cccc(-c2nc(C3CC3)n(N)c2N)c1. The van der Waals surface area contributed by atoms with Crippen molar-refractivity contribution in [2.45, 2.75) is 25.4 Å². The first-order chi connectivity index (χ1) is 9.20. The number of benzene rings is 1. The first-order valence-corrected chi connectivity index (χ1v) is 6.42. The zero-order valence-electron chi connectivity index (χ0n) is 11.0. The average Bonchev–Trinajstić information content (AvgIpc) is 3.20. The number of methoxy groups -OCH3 is 1. The summed E-state index contributed by atoms with van der Waals surface area (Å²) in [6.45, 7) is 0.576. The minimum Gasteiger partial charge on any atom is -0.382 e. The van der Waals surface area contributed by atoms with Gasteiger partial charge in [-0.1, -0.05) is 18.2 Å². The molecule has 0 unspecified atom stereocenters. The summed E-state index contributed by atoms with van der Waals surface area (Å²) in [7, 11) is 1.68. The summed E-state index contributed by atoms with van der Waals surface area (Å²) in [5.74, 6) is 7.88. The summed E-state index contributed by atoms with van der Waals surface area (Å²) in [6, 6.07) is 8.04. The van der Waals surface area contributed by atoms with Crippen molar-refractivity contribution >= 4 is 5.82 Å². The van der Waals surface area contributed by atoms with Gasteiger partial charge in [0, 0.05) is 18.6 Å². The predicted molar refractivity (Wildman–Crippen MR) is 74.9 cm³/mol. The Bertz CT molecular complexity index is 601. The monoisotopic (exact) mass is 258 g/mol. The first-order valence-electron chi connectivity index (χ1n) is 6.42. The number of rotatable bonds is 4. The van der Waals surface area contributed by atoms with Crippen molar-refractivity contribution < 1.29 is 4.74 Å². The number of nitrogens with two attached hydrogens (primary N) is 2. The van der Waals surface area contributed by atoms with E-state index in [9.17, 15) is 0 Å². The van der Waals surface area contributed by atoms with Crippen LogP contribution in [-0.2, 0) is 11.3 Å². The van der Waals surface area contributed by atoms with Crippen LogP contribution in [0.1, 0.15) is 30.1 Å². The Balaban J connectivity index is 2.01. The van der Waals surface area contributed by atoms with Crippen LogP contribution in [0.15, 0.2) is 24.3 Å². The molecule has 0 bridgehead atoms. The van der Waals surface area contributed by atoms with Crippen molar-refractivity contribution in [1.29, 1.82) is 0 Å². The van der Waals surface area contributed by atoms with Gasteiger partial charge in [0.25, 0.3) is 0 Å². The van der Waals surface area contributed by atoms with Crippen LogP contribution in [0.2, 0.25) is 0 Å². The summed E-state index contributed by atoms with van der Waals surface area (Å²) in [4.78, 5) is 4.61.